The van der Waals surface area contributed by atoms with Gasteiger partial charge in [-0.05, 0) is 17.7 Å². The van der Waals surface area contributed by atoms with Crippen LogP contribution in [0.1, 0.15) is 11.1 Å². The fourth-order valence-electron chi connectivity index (χ4n) is 1.40. The molecule has 1 aromatic rings. The Bertz CT molecular complexity index is 400. The molecule has 0 radical (unpaired) electrons. The summed E-state index contributed by atoms with van der Waals surface area (Å²) in [7, 11) is 0. The van der Waals surface area contributed by atoms with Crippen LogP contribution in [0.4, 0.5) is 0 Å². The first-order valence-electron chi connectivity index (χ1n) is 4.90. The van der Waals surface area contributed by atoms with E-state index in [1.807, 2.05) is 24.3 Å². The Morgan fingerprint density at radius 2 is 2.20 bits per heavy atom. The number of aliphatic imine (C=N–C) groups is 1. The molecule has 1 aliphatic rings. The van der Waals surface area contributed by atoms with E-state index in [1.54, 1.807) is 0 Å². The first-order valence-corrected chi connectivity index (χ1v) is 4.90. The van der Waals surface area contributed by atoms with E-state index in [0.29, 0.717) is 5.56 Å². The highest BCUT2D eigenvalue weighted by Gasteiger charge is 2.03. The predicted octanol–water partition coefficient (Wildman–Crippen LogP) is 0.607. The Hall–Kier alpha value is -2.02. The third-order valence-electron chi connectivity index (χ3n) is 2.22. The molecule has 2 N–H and O–H groups in total. The van der Waals surface area contributed by atoms with Gasteiger partial charge in [-0.3, -0.25) is 4.99 Å². The van der Waals surface area contributed by atoms with Crippen LogP contribution in [0.15, 0.2) is 29.3 Å². The molecule has 0 aromatic heterocycles. The molecule has 0 amide bonds. The summed E-state index contributed by atoms with van der Waals surface area (Å²) in [5.41, 5.74) is 1.83. The number of hydrogen-bond donors (Lipinski definition) is 2. The van der Waals surface area contributed by atoms with Crippen molar-refractivity contribution in [3.63, 3.8) is 0 Å². The van der Waals surface area contributed by atoms with E-state index in [9.17, 15) is 0 Å². The molecule has 0 saturated heterocycles. The summed E-state index contributed by atoms with van der Waals surface area (Å²) in [5.74, 6) is 0.861. The van der Waals surface area contributed by atoms with Gasteiger partial charge < -0.3 is 10.6 Å². The second kappa shape index (κ2) is 4.47. The van der Waals surface area contributed by atoms with E-state index in [0.717, 1.165) is 31.2 Å². The van der Waals surface area contributed by atoms with E-state index in [-0.39, 0.29) is 0 Å². The maximum absolute atomic E-state index is 8.64. The van der Waals surface area contributed by atoms with Crippen molar-refractivity contribution in [3.05, 3.63) is 35.4 Å². The number of guanidine groups is 1. The minimum Gasteiger partial charge on any atom is -0.355 e. The Labute approximate surface area is 88.6 Å². The van der Waals surface area contributed by atoms with Crippen LogP contribution in [0.2, 0.25) is 0 Å². The lowest BCUT2D eigenvalue weighted by atomic mass is 10.1. The van der Waals surface area contributed by atoms with Gasteiger partial charge in [-0.2, -0.15) is 5.26 Å². The average Bonchev–Trinajstić information content (AvgIpc) is 2.80. The van der Waals surface area contributed by atoms with Crippen LogP contribution < -0.4 is 10.6 Å². The predicted molar refractivity (Wildman–Crippen MR) is 58.3 cm³/mol. The SMILES string of the molecule is N#Cc1ccc(CNC2=NCCN2)cc1. The zero-order chi connectivity index (χ0) is 10.5. The molecular weight excluding hydrogens is 188 g/mol. The van der Waals surface area contributed by atoms with Gasteiger partial charge in [0.1, 0.15) is 0 Å². The third-order valence-corrected chi connectivity index (χ3v) is 2.22. The summed E-state index contributed by atoms with van der Waals surface area (Å²) in [6, 6.07) is 9.63. The molecule has 4 heteroatoms. The zero-order valence-corrected chi connectivity index (χ0v) is 8.33. The van der Waals surface area contributed by atoms with E-state index in [2.05, 4.69) is 21.7 Å². The molecule has 0 fully saturated rings. The summed E-state index contributed by atoms with van der Waals surface area (Å²) < 4.78 is 0. The summed E-state index contributed by atoms with van der Waals surface area (Å²) in [4.78, 5) is 4.23. The summed E-state index contributed by atoms with van der Waals surface area (Å²) in [6.07, 6.45) is 0. The molecule has 4 nitrogen and oxygen atoms in total. The lowest BCUT2D eigenvalue weighted by molar-refractivity contribution is 0.867. The number of nitrogens with zero attached hydrogens (tertiary/aromatic N) is 2. The molecule has 0 bridgehead atoms. The van der Waals surface area contributed by atoms with Crippen LogP contribution in [0, 0.1) is 11.3 Å². The second-order valence-corrected chi connectivity index (χ2v) is 3.32. The molecule has 76 valence electrons. The lowest BCUT2D eigenvalue weighted by Gasteiger charge is -2.06. The van der Waals surface area contributed by atoms with Crippen LogP contribution in [-0.4, -0.2) is 19.0 Å². The van der Waals surface area contributed by atoms with E-state index >= 15 is 0 Å². The van der Waals surface area contributed by atoms with Gasteiger partial charge in [0.2, 0.25) is 0 Å². The van der Waals surface area contributed by atoms with Crippen molar-refractivity contribution in [3.8, 4) is 6.07 Å². The molecule has 0 saturated carbocycles. The monoisotopic (exact) mass is 200 g/mol. The summed E-state index contributed by atoms with van der Waals surface area (Å²) >= 11 is 0. The fourth-order valence-corrected chi connectivity index (χ4v) is 1.40. The van der Waals surface area contributed by atoms with Gasteiger partial charge in [0, 0.05) is 13.1 Å². The molecule has 2 rings (SSSR count). The highest BCUT2D eigenvalue weighted by Crippen LogP contribution is 2.02. The standard InChI is InChI=1S/C11H12N4/c12-7-9-1-3-10(4-2-9)8-15-11-13-5-6-14-11/h1-4H,5-6,8H2,(H2,13,14,15). The minimum absolute atomic E-state index is 0.690. The smallest absolute Gasteiger partial charge is 0.191 e. The van der Waals surface area contributed by atoms with Crippen LogP contribution in [-0.2, 0) is 6.54 Å². The average molecular weight is 200 g/mol. The van der Waals surface area contributed by atoms with Gasteiger partial charge >= 0.3 is 0 Å². The van der Waals surface area contributed by atoms with Crippen molar-refractivity contribution < 1.29 is 0 Å². The van der Waals surface area contributed by atoms with Crippen molar-refractivity contribution in [1.82, 2.24) is 10.6 Å². The summed E-state index contributed by atoms with van der Waals surface area (Å²) in [6.45, 7) is 2.49. The number of nitrogens with one attached hydrogen (secondary N) is 2. The Morgan fingerprint density at radius 1 is 1.40 bits per heavy atom. The van der Waals surface area contributed by atoms with Crippen LogP contribution >= 0.6 is 0 Å². The molecule has 0 spiro atoms. The number of rotatable bonds is 2. The molecule has 1 heterocycles. The zero-order valence-electron chi connectivity index (χ0n) is 8.33. The maximum Gasteiger partial charge on any atom is 0.191 e. The number of hydrogen-bond acceptors (Lipinski definition) is 4. The minimum atomic E-state index is 0.690. The normalized spacial score (nSPS) is 13.9. The quantitative estimate of drug-likeness (QED) is 0.735. The Kier molecular flexibility index (Phi) is 2.84. The van der Waals surface area contributed by atoms with Gasteiger partial charge in [-0.25, -0.2) is 0 Å². The van der Waals surface area contributed by atoms with Gasteiger partial charge in [0.15, 0.2) is 5.96 Å². The molecule has 1 aromatic carbocycles. The molecule has 0 unspecified atom stereocenters. The van der Waals surface area contributed by atoms with Crippen molar-refractivity contribution in [2.45, 2.75) is 6.54 Å². The molecule has 0 aliphatic carbocycles. The Morgan fingerprint density at radius 3 is 2.80 bits per heavy atom. The van der Waals surface area contributed by atoms with Gasteiger partial charge in [0.05, 0.1) is 18.2 Å². The molecule has 0 atom stereocenters. The van der Waals surface area contributed by atoms with Gasteiger partial charge in [0.25, 0.3) is 0 Å². The van der Waals surface area contributed by atoms with Crippen molar-refractivity contribution in [1.29, 1.82) is 5.26 Å². The topological polar surface area (TPSA) is 60.2 Å². The van der Waals surface area contributed by atoms with Crippen molar-refractivity contribution >= 4 is 5.96 Å². The highest BCUT2D eigenvalue weighted by molar-refractivity contribution is 5.81. The van der Waals surface area contributed by atoms with Crippen LogP contribution in [0.3, 0.4) is 0 Å². The number of benzene rings is 1. The van der Waals surface area contributed by atoms with E-state index in [4.69, 9.17) is 5.26 Å². The van der Waals surface area contributed by atoms with Crippen LogP contribution in [0.5, 0.6) is 0 Å². The largest absolute Gasteiger partial charge is 0.355 e. The first-order chi connectivity index (χ1) is 7.38. The van der Waals surface area contributed by atoms with E-state index < -0.39 is 0 Å². The first kappa shape index (κ1) is 9.53. The van der Waals surface area contributed by atoms with Crippen LogP contribution in [0.25, 0.3) is 0 Å². The molecule has 15 heavy (non-hydrogen) atoms. The second-order valence-electron chi connectivity index (χ2n) is 3.32. The van der Waals surface area contributed by atoms with Crippen molar-refractivity contribution in [2.75, 3.05) is 13.1 Å². The third kappa shape index (κ3) is 2.47. The van der Waals surface area contributed by atoms with E-state index in [1.165, 1.54) is 0 Å². The highest BCUT2D eigenvalue weighted by atomic mass is 15.2. The van der Waals surface area contributed by atoms with Gasteiger partial charge in [-0.15, -0.1) is 0 Å². The molecule has 1 aliphatic heterocycles. The molecular formula is C11H12N4. The number of nitriles is 1. The van der Waals surface area contributed by atoms with Crippen molar-refractivity contribution in [2.24, 2.45) is 4.99 Å². The maximum atomic E-state index is 8.64. The Balaban J connectivity index is 1.91. The summed E-state index contributed by atoms with van der Waals surface area (Å²) in [5, 5.41) is 15.0. The lowest BCUT2D eigenvalue weighted by Crippen LogP contribution is -2.33. The fraction of sp³-hybridized carbons (Fsp3) is 0.273. The van der Waals surface area contributed by atoms with Gasteiger partial charge in [-0.1, -0.05) is 12.1 Å².